The molecule has 1 aromatic carbocycles. The van der Waals surface area contributed by atoms with E-state index in [4.69, 9.17) is 38.3 Å². The van der Waals surface area contributed by atoms with Gasteiger partial charge in [-0.3, -0.25) is 9.59 Å². The van der Waals surface area contributed by atoms with Crippen LogP contribution in [0.3, 0.4) is 0 Å². The zero-order valence-corrected chi connectivity index (χ0v) is 19.1. The first-order chi connectivity index (χ1) is 16.2. The number of carbonyl (C=O) groups excluding carboxylic acids is 2. The molecule has 0 atom stereocenters. The molecular weight excluding hydrogens is 436 g/mol. The largest absolute Gasteiger partial charge is 0.463 e. The van der Waals surface area contributed by atoms with Crippen molar-refractivity contribution in [1.82, 2.24) is 0 Å². The second kappa shape index (κ2) is 21.7. The van der Waals surface area contributed by atoms with Crippen LogP contribution in [0.15, 0.2) is 30.3 Å². The predicted octanol–water partition coefficient (Wildman–Crippen LogP) is 1.13. The van der Waals surface area contributed by atoms with Crippen LogP contribution in [0.25, 0.3) is 0 Å². The number of esters is 2. The van der Waals surface area contributed by atoms with Gasteiger partial charge in [-0.25, -0.2) is 0 Å². The molecule has 0 aliphatic carbocycles. The van der Waals surface area contributed by atoms with Crippen molar-refractivity contribution < 1.29 is 47.9 Å². The molecule has 0 saturated heterocycles. The van der Waals surface area contributed by atoms with Crippen molar-refractivity contribution in [2.75, 3.05) is 79.3 Å². The van der Waals surface area contributed by atoms with Gasteiger partial charge < -0.3 is 38.3 Å². The summed E-state index contributed by atoms with van der Waals surface area (Å²) in [5, 5.41) is 8.54. The fraction of sp³-hybridized carbons (Fsp3) is 0.652. The third-order valence-corrected chi connectivity index (χ3v) is 3.99. The molecule has 0 aliphatic heterocycles. The summed E-state index contributed by atoms with van der Waals surface area (Å²) in [7, 11) is 0. The van der Waals surface area contributed by atoms with E-state index < -0.39 is 11.9 Å². The highest BCUT2D eigenvalue weighted by Crippen LogP contribution is 2.03. The minimum Gasteiger partial charge on any atom is -0.463 e. The van der Waals surface area contributed by atoms with Crippen LogP contribution in [-0.4, -0.2) is 96.3 Å². The fourth-order valence-electron chi connectivity index (χ4n) is 2.35. The molecule has 1 N–H and O–H groups in total. The van der Waals surface area contributed by atoms with Gasteiger partial charge >= 0.3 is 11.9 Å². The van der Waals surface area contributed by atoms with Gasteiger partial charge in [-0.05, 0) is 5.56 Å². The van der Waals surface area contributed by atoms with Crippen LogP contribution in [0.5, 0.6) is 0 Å². The molecule has 1 rings (SSSR count). The second-order valence-electron chi connectivity index (χ2n) is 6.65. The number of benzene rings is 1. The highest BCUT2D eigenvalue weighted by Gasteiger charge is 2.09. The van der Waals surface area contributed by atoms with E-state index in [9.17, 15) is 9.59 Å². The second-order valence-corrected chi connectivity index (χ2v) is 6.65. The molecule has 10 nitrogen and oxygen atoms in total. The monoisotopic (exact) mass is 472 g/mol. The Bertz CT molecular complexity index is 596. The molecule has 0 heterocycles. The van der Waals surface area contributed by atoms with Gasteiger partial charge in [-0.2, -0.15) is 0 Å². The van der Waals surface area contributed by atoms with E-state index in [0.29, 0.717) is 59.5 Å². The SMILES string of the molecule is O=C(CCC(=O)OCc1ccccc1)OCCOCCOCCOCCOCCOCCO. The maximum Gasteiger partial charge on any atom is 0.306 e. The van der Waals surface area contributed by atoms with Crippen LogP contribution >= 0.6 is 0 Å². The zero-order chi connectivity index (χ0) is 23.8. The fourth-order valence-corrected chi connectivity index (χ4v) is 2.35. The number of aliphatic hydroxyl groups is 1. The quantitative estimate of drug-likeness (QED) is 0.194. The molecule has 10 heteroatoms. The van der Waals surface area contributed by atoms with Crippen molar-refractivity contribution in [3.8, 4) is 0 Å². The minimum absolute atomic E-state index is 0.0111. The van der Waals surface area contributed by atoms with Crippen molar-refractivity contribution in [2.24, 2.45) is 0 Å². The van der Waals surface area contributed by atoms with Crippen molar-refractivity contribution in [3.05, 3.63) is 35.9 Å². The van der Waals surface area contributed by atoms with E-state index in [-0.39, 0.29) is 39.3 Å². The number of aliphatic hydroxyl groups excluding tert-OH is 1. The Kier molecular flexibility index (Phi) is 19.1. The summed E-state index contributed by atoms with van der Waals surface area (Å²) in [5.41, 5.74) is 0.893. The van der Waals surface area contributed by atoms with Gasteiger partial charge in [-0.1, -0.05) is 30.3 Å². The summed E-state index contributed by atoms with van der Waals surface area (Å²) in [6, 6.07) is 9.33. The summed E-state index contributed by atoms with van der Waals surface area (Å²) < 4.78 is 36.5. The molecule has 0 spiro atoms. The van der Waals surface area contributed by atoms with E-state index in [0.717, 1.165) is 5.56 Å². The molecule has 0 unspecified atom stereocenters. The predicted molar refractivity (Wildman–Crippen MR) is 118 cm³/mol. The number of rotatable bonds is 22. The smallest absolute Gasteiger partial charge is 0.306 e. The molecule has 0 bridgehead atoms. The van der Waals surface area contributed by atoms with E-state index in [1.165, 1.54) is 0 Å². The average molecular weight is 473 g/mol. The van der Waals surface area contributed by atoms with Crippen LogP contribution in [0.4, 0.5) is 0 Å². The Morgan fingerprint density at radius 1 is 0.576 bits per heavy atom. The molecule has 0 amide bonds. The molecule has 0 aliphatic rings. The highest BCUT2D eigenvalue weighted by molar-refractivity contribution is 5.77. The molecule has 0 aromatic heterocycles. The summed E-state index contributed by atoms with van der Waals surface area (Å²) >= 11 is 0. The lowest BCUT2D eigenvalue weighted by atomic mass is 10.2. The molecular formula is C23H36O10. The average Bonchev–Trinajstić information content (AvgIpc) is 2.84. The Hall–Kier alpha value is -2.08. The topological polar surface area (TPSA) is 119 Å². The van der Waals surface area contributed by atoms with Crippen LogP contribution in [0.2, 0.25) is 0 Å². The standard InChI is InChI=1S/C23H36O10/c24-8-9-27-10-11-28-12-13-29-14-15-30-16-17-31-18-19-32-22(25)6-7-23(26)33-20-21-4-2-1-3-5-21/h1-5,24H,6-20H2. The minimum atomic E-state index is -0.467. The van der Waals surface area contributed by atoms with Gasteiger partial charge in [0.15, 0.2) is 0 Å². The first kappa shape index (κ1) is 29.0. The van der Waals surface area contributed by atoms with Crippen LogP contribution < -0.4 is 0 Å². The summed E-state index contributed by atoms with van der Waals surface area (Å²) in [5.74, 6) is -0.908. The summed E-state index contributed by atoms with van der Waals surface area (Å²) in [6.07, 6.45) is -0.0487. The lowest BCUT2D eigenvalue weighted by Crippen LogP contribution is -2.15. The van der Waals surface area contributed by atoms with Gasteiger partial charge in [0.05, 0.1) is 85.5 Å². The zero-order valence-electron chi connectivity index (χ0n) is 19.1. The lowest BCUT2D eigenvalue weighted by molar-refractivity contribution is -0.151. The van der Waals surface area contributed by atoms with Gasteiger partial charge in [0, 0.05) is 0 Å². The summed E-state index contributed by atoms with van der Waals surface area (Å²) in [4.78, 5) is 23.3. The van der Waals surface area contributed by atoms with E-state index in [1.54, 1.807) is 0 Å². The van der Waals surface area contributed by atoms with E-state index >= 15 is 0 Å². The first-order valence-electron chi connectivity index (χ1n) is 11.1. The van der Waals surface area contributed by atoms with Crippen molar-refractivity contribution in [3.63, 3.8) is 0 Å². The van der Waals surface area contributed by atoms with Crippen molar-refractivity contribution >= 4 is 11.9 Å². The molecule has 33 heavy (non-hydrogen) atoms. The normalized spacial score (nSPS) is 10.8. The van der Waals surface area contributed by atoms with Gasteiger partial charge in [0.2, 0.25) is 0 Å². The van der Waals surface area contributed by atoms with Crippen LogP contribution in [-0.2, 0) is 49.4 Å². The van der Waals surface area contributed by atoms with Gasteiger partial charge in [0.1, 0.15) is 13.2 Å². The Balaban J connectivity index is 1.79. The van der Waals surface area contributed by atoms with Crippen LogP contribution in [0.1, 0.15) is 18.4 Å². The summed E-state index contributed by atoms with van der Waals surface area (Å²) in [6.45, 7) is 4.42. The Morgan fingerprint density at radius 2 is 1.00 bits per heavy atom. The maximum atomic E-state index is 11.7. The maximum absolute atomic E-state index is 11.7. The first-order valence-corrected chi connectivity index (χ1v) is 11.1. The molecule has 0 saturated carbocycles. The van der Waals surface area contributed by atoms with Crippen molar-refractivity contribution in [1.29, 1.82) is 0 Å². The Labute approximate surface area is 195 Å². The van der Waals surface area contributed by atoms with Crippen LogP contribution in [0, 0.1) is 0 Å². The third kappa shape index (κ3) is 19.1. The third-order valence-electron chi connectivity index (χ3n) is 3.99. The number of ether oxygens (including phenoxy) is 7. The van der Waals surface area contributed by atoms with E-state index in [2.05, 4.69) is 0 Å². The number of carbonyl (C=O) groups is 2. The van der Waals surface area contributed by atoms with Gasteiger partial charge in [-0.15, -0.1) is 0 Å². The number of hydrogen-bond acceptors (Lipinski definition) is 10. The molecule has 188 valence electrons. The Morgan fingerprint density at radius 3 is 1.48 bits per heavy atom. The van der Waals surface area contributed by atoms with E-state index in [1.807, 2.05) is 30.3 Å². The van der Waals surface area contributed by atoms with Gasteiger partial charge in [0.25, 0.3) is 0 Å². The molecule has 0 radical (unpaired) electrons. The molecule has 0 fully saturated rings. The highest BCUT2D eigenvalue weighted by atomic mass is 16.6. The molecule has 1 aromatic rings. The lowest BCUT2D eigenvalue weighted by Gasteiger charge is -2.08. The van der Waals surface area contributed by atoms with Crippen molar-refractivity contribution in [2.45, 2.75) is 19.4 Å². The number of hydrogen-bond donors (Lipinski definition) is 1.